The van der Waals surface area contributed by atoms with Crippen LogP contribution in [0, 0.1) is 72.8 Å². The fourth-order valence-electron chi connectivity index (χ4n) is 18.6. The van der Waals surface area contributed by atoms with Crippen LogP contribution in [0.15, 0.2) is 197 Å². The summed E-state index contributed by atoms with van der Waals surface area (Å²) < 4.78 is 182. The number of rotatable bonds is 21. The van der Waals surface area contributed by atoms with Crippen molar-refractivity contribution in [2.45, 2.75) is 225 Å². The zero-order chi connectivity index (χ0) is 110. The minimum Gasteiger partial charge on any atom is -0.489 e. The van der Waals surface area contributed by atoms with Crippen LogP contribution < -0.4 is 27.9 Å². The third-order valence-electron chi connectivity index (χ3n) is 25.9. The molecule has 0 saturated carbocycles. The smallest absolute Gasteiger partial charge is 0.489 e. The molecule has 1 fully saturated rings. The lowest BCUT2D eigenvalue weighted by atomic mass is 9.78. The number of carboxylic acids is 1. The van der Waals surface area contributed by atoms with Crippen molar-refractivity contribution in [1.29, 1.82) is 0 Å². The molecule has 1 saturated heterocycles. The van der Waals surface area contributed by atoms with E-state index in [2.05, 4.69) is 31.9 Å². The molecule has 4 heterocycles. The number of benzene rings is 12. The lowest BCUT2D eigenvalue weighted by Gasteiger charge is -2.37. The SMILES string of the molecule is CC1(C)OB(c2ccc(Cl)cc2OCc2ccccc2)OC1(C)C.COC(=O)[C@@H](OC(C)(C)C)c1c(C)c2c(c(C)c1-c1ccc(Cl)cc1C)-c1c(F)cccc1CN2S(C)(=O)=O.COC(=O)[C@@H](OC(C)(C)C)c1c(C)c2c(c(C)c1Br)-c1c(F)cccc1CN2S(C)(=O)=O.Cc1cc(Cl)ccc1-c1c(C)c2c(c(C)c1[C@H](OC(C)(C)C)C(=O)O)N(S(C)(=O)=O)Cc1cccc(F)c1-2.Clc1ccc(Br)c(OCc2ccccc2)c1. The van der Waals surface area contributed by atoms with Crippen molar-refractivity contribution in [1.82, 2.24) is 0 Å². The molecule has 0 spiro atoms. The van der Waals surface area contributed by atoms with E-state index in [9.17, 15) is 49.1 Å². The molecule has 0 bridgehead atoms. The number of esters is 2. The maximum Gasteiger partial charge on any atom is 0.498 e. The molecule has 0 unspecified atom stereocenters. The molecule has 4 aliphatic rings. The Morgan fingerprint density at radius 2 is 0.725 bits per heavy atom. The lowest BCUT2D eigenvalue weighted by molar-refractivity contribution is -0.164. The second-order valence-electron chi connectivity index (χ2n) is 40.9. The topological polar surface area (TPSA) is 267 Å². The van der Waals surface area contributed by atoms with Crippen LogP contribution in [0.5, 0.6) is 11.5 Å². The molecule has 12 aromatic rings. The summed E-state index contributed by atoms with van der Waals surface area (Å²) in [5.74, 6) is -2.39. The van der Waals surface area contributed by atoms with Gasteiger partial charge in [-0.05, 0) is 329 Å². The Kier molecular flexibility index (Phi) is 36.5. The van der Waals surface area contributed by atoms with Crippen molar-refractivity contribution in [3.8, 4) is 67.1 Å². The molecular formula is C114H123BBr2Cl4F3N3O19S3. The van der Waals surface area contributed by atoms with Gasteiger partial charge in [0.25, 0.3) is 0 Å². The zero-order valence-electron chi connectivity index (χ0n) is 88.0. The summed E-state index contributed by atoms with van der Waals surface area (Å²) in [7, 11) is -9.25. The molecule has 0 amide bonds. The van der Waals surface area contributed by atoms with Gasteiger partial charge in [0.15, 0.2) is 18.3 Å². The fourth-order valence-corrected chi connectivity index (χ4v) is 23.3. The van der Waals surface area contributed by atoms with E-state index in [-0.39, 0.29) is 25.3 Å². The fraction of sp³-hybridized carbons (Fsp3) is 0.342. The van der Waals surface area contributed by atoms with Gasteiger partial charge in [0.05, 0.1) is 102 Å². The first kappa shape index (κ1) is 117. The number of hydrogen-bond donors (Lipinski definition) is 1. The third-order valence-corrected chi connectivity index (χ3v) is 31.9. The second kappa shape index (κ2) is 46.3. The van der Waals surface area contributed by atoms with Crippen LogP contribution in [-0.2, 0) is 110 Å². The predicted octanol–water partition coefficient (Wildman–Crippen LogP) is 28.1. The van der Waals surface area contributed by atoms with Gasteiger partial charge < -0.3 is 47.6 Å². The Labute approximate surface area is 910 Å². The molecule has 12 aromatic carbocycles. The Bertz CT molecular complexity index is 7530. The molecular weight excluding hydrogens is 2180 g/mol. The van der Waals surface area contributed by atoms with Crippen molar-refractivity contribution in [3.63, 3.8) is 0 Å². The molecule has 4 aliphatic heterocycles. The van der Waals surface area contributed by atoms with Gasteiger partial charge in [0, 0.05) is 80.1 Å². The summed E-state index contributed by atoms with van der Waals surface area (Å²) in [6.45, 7) is 39.4. The highest BCUT2D eigenvalue weighted by Gasteiger charge is 2.53. The number of hydrogen-bond acceptors (Lipinski definition) is 18. The van der Waals surface area contributed by atoms with Crippen molar-refractivity contribution in [2.24, 2.45) is 0 Å². The minimum absolute atomic E-state index is 0.0106. The molecule has 3 atom stereocenters. The van der Waals surface area contributed by atoms with Crippen LogP contribution in [0.2, 0.25) is 20.1 Å². The molecule has 149 heavy (non-hydrogen) atoms. The van der Waals surface area contributed by atoms with E-state index in [1.165, 1.54) is 45.3 Å². The molecule has 0 aromatic heterocycles. The number of nitrogens with zero attached hydrogens (tertiary/aromatic N) is 3. The van der Waals surface area contributed by atoms with Crippen molar-refractivity contribution in [3.05, 3.63) is 324 Å². The van der Waals surface area contributed by atoms with Crippen LogP contribution in [0.1, 0.15) is 197 Å². The van der Waals surface area contributed by atoms with E-state index in [0.717, 1.165) is 62.3 Å². The summed E-state index contributed by atoms with van der Waals surface area (Å²) >= 11 is 31.6. The average molecular weight is 2300 g/mol. The number of halogens is 9. The Morgan fingerprint density at radius 3 is 1.07 bits per heavy atom. The Morgan fingerprint density at radius 1 is 0.409 bits per heavy atom. The highest BCUT2D eigenvalue weighted by molar-refractivity contribution is 9.11. The number of ether oxygens (including phenoxy) is 7. The standard InChI is InChI=1S/C30H33ClFNO5S.C29H31ClFNO5S.C23H27BrFNO5S.C19H22BClO3.C13H10BrClO/c1-16-14-20(31)12-13-21(16)23-17(2)24-26-19(10-9-11-22(26)32)15-33(39(8,35)36)27(24)18(3)25(23)28(29(34)37-7)38-30(4,5)6;1-15-13-19(30)11-12-20(15)22-16(2)23-25-18(9-8-10-21(25)31)14-32(38(7,35)36)26(23)17(3)24(22)27(28(33)34)37-29(4,5)6;1-12-16-18-14(9-8-10-15(18)25)11-26(32(7,28)29)20(16)13(2)17(19(12)24)21(22(27)30-6)31-23(3,4)5;1-18(2)19(3,4)24-20(23-18)16-11-10-15(21)12-17(16)22-13-14-8-6-5-7-9-14;14-12-7-6-11(15)8-13(12)16-9-10-4-2-1-3-5-10/h9-14,28H,15H2,1-8H3;8-13,27H,14H2,1-7H3,(H,33,34);8-10,21H,11H2,1-7H3;5-12H,13H2,1-4H3;1-8H,9H2/t28-;27-;21-;;/m000../s1. The van der Waals surface area contributed by atoms with E-state index >= 15 is 8.78 Å². The van der Waals surface area contributed by atoms with Crippen LogP contribution in [-0.4, -0.2) is 116 Å². The number of carbonyl (C=O) groups is 3. The third kappa shape index (κ3) is 26.4. The summed E-state index contributed by atoms with van der Waals surface area (Å²) in [6, 6.07) is 55.7. The summed E-state index contributed by atoms with van der Waals surface area (Å²) in [6.07, 6.45) is -0.397. The number of aliphatic carboxylic acids is 1. The van der Waals surface area contributed by atoms with Gasteiger partial charge in [0.1, 0.15) is 42.2 Å². The Balaban J connectivity index is 0.000000170. The number of sulfonamides is 3. The van der Waals surface area contributed by atoms with E-state index in [1.807, 2.05) is 193 Å². The number of anilines is 3. The van der Waals surface area contributed by atoms with Gasteiger partial charge in [-0.2, -0.15) is 0 Å². The van der Waals surface area contributed by atoms with Crippen LogP contribution in [0.4, 0.5) is 30.2 Å². The largest absolute Gasteiger partial charge is 0.498 e. The number of methoxy groups -OCH3 is 2. The van der Waals surface area contributed by atoms with Crippen LogP contribution in [0.3, 0.4) is 0 Å². The molecule has 16 rings (SSSR count). The first-order valence-electron chi connectivity index (χ1n) is 47.6. The van der Waals surface area contributed by atoms with Crippen molar-refractivity contribution < 1.29 is 100 Å². The first-order valence-corrected chi connectivity index (χ1v) is 56.3. The van der Waals surface area contributed by atoms with Gasteiger partial charge >= 0.3 is 25.0 Å². The molecule has 0 radical (unpaired) electrons. The van der Waals surface area contributed by atoms with Gasteiger partial charge in [-0.25, -0.2) is 52.8 Å². The van der Waals surface area contributed by atoms with E-state index in [0.29, 0.717) is 172 Å². The number of carboxylic acid groups (broad SMARTS) is 1. The molecule has 35 heteroatoms. The summed E-state index contributed by atoms with van der Waals surface area (Å²) in [4.78, 5) is 38.8. The maximum atomic E-state index is 15.5. The normalized spacial score (nSPS) is 14.5. The average Bonchev–Trinajstić information content (AvgIpc) is 1.72. The first-order chi connectivity index (χ1) is 69.3. The predicted molar refractivity (Wildman–Crippen MR) is 595 cm³/mol. The number of fused-ring (bicyclic) bond motifs is 9. The van der Waals surface area contributed by atoms with Gasteiger partial charge in [-0.3, -0.25) is 12.9 Å². The van der Waals surface area contributed by atoms with Gasteiger partial charge in [0.2, 0.25) is 30.1 Å². The van der Waals surface area contributed by atoms with E-state index < -0.39 is 119 Å². The maximum absolute atomic E-state index is 15.5. The highest BCUT2D eigenvalue weighted by atomic mass is 79.9. The van der Waals surface area contributed by atoms with Gasteiger partial charge in [-0.1, -0.05) is 178 Å². The highest BCUT2D eigenvalue weighted by Crippen LogP contribution is 2.58. The number of aryl methyl sites for hydroxylation is 2. The van der Waals surface area contributed by atoms with E-state index in [4.69, 9.17) is 88.9 Å². The minimum atomic E-state index is -3.82. The quantitative estimate of drug-likeness (QED) is 0.0517. The molecule has 792 valence electrons. The molecule has 0 aliphatic carbocycles. The van der Waals surface area contributed by atoms with Crippen molar-refractivity contribution in [2.75, 3.05) is 45.9 Å². The van der Waals surface area contributed by atoms with E-state index in [1.54, 1.807) is 122 Å². The van der Waals surface area contributed by atoms with Crippen LogP contribution >= 0.6 is 78.3 Å². The summed E-state index contributed by atoms with van der Waals surface area (Å²) in [5, 5.41) is 12.7. The van der Waals surface area contributed by atoms with Gasteiger partial charge in [-0.15, -0.1) is 0 Å². The monoisotopic (exact) mass is 2300 g/mol. The molecule has 1 N–H and O–H groups in total. The number of carbonyl (C=O) groups excluding carboxylic acids is 2. The summed E-state index contributed by atoms with van der Waals surface area (Å²) in [5.41, 5.74) is 13.6. The zero-order valence-corrected chi connectivity index (χ0v) is 96.7. The lowest BCUT2D eigenvalue weighted by Crippen LogP contribution is -2.41. The second-order valence-corrected chi connectivity index (χ2v) is 50.0. The molecule has 22 nitrogen and oxygen atoms in total. The van der Waals surface area contributed by atoms with Crippen LogP contribution in [0.25, 0.3) is 55.6 Å². The Hall–Kier alpha value is -10.3. The van der Waals surface area contributed by atoms with Crippen molar-refractivity contribution >= 4 is 156 Å².